The van der Waals surface area contributed by atoms with Crippen LogP contribution in [0.1, 0.15) is 49.0 Å². The second-order valence-electron chi connectivity index (χ2n) is 6.49. The van der Waals surface area contributed by atoms with Crippen molar-refractivity contribution in [3.05, 3.63) is 65.2 Å². The average Bonchev–Trinajstić information content (AvgIpc) is 2.64. The average molecular weight is 341 g/mol. The van der Waals surface area contributed by atoms with E-state index in [-0.39, 0.29) is 12.5 Å². The number of ether oxygens (including phenoxy) is 1. The normalized spacial score (nSPS) is 12.0. The predicted octanol–water partition coefficient (Wildman–Crippen LogP) is 3.60. The minimum Gasteiger partial charge on any atom is -0.497 e. The number of carbonyl (C=O) groups is 1. The zero-order valence-corrected chi connectivity index (χ0v) is 15.2. The van der Waals surface area contributed by atoms with Crippen LogP contribution in [0, 0.1) is 0 Å². The van der Waals surface area contributed by atoms with Gasteiger partial charge in [0.25, 0.3) is 0 Å². The second kappa shape index (κ2) is 9.23. The van der Waals surface area contributed by atoms with Crippen LogP contribution in [0.5, 0.6) is 5.75 Å². The van der Waals surface area contributed by atoms with Crippen molar-refractivity contribution in [2.75, 3.05) is 13.7 Å². The van der Waals surface area contributed by atoms with E-state index in [2.05, 4.69) is 19.2 Å². The van der Waals surface area contributed by atoms with Crippen molar-refractivity contribution in [2.45, 2.75) is 38.7 Å². The molecule has 1 atom stereocenters. The summed E-state index contributed by atoms with van der Waals surface area (Å²) in [6.45, 7) is 4.49. The van der Waals surface area contributed by atoms with Gasteiger partial charge in [0.1, 0.15) is 5.75 Å². The van der Waals surface area contributed by atoms with E-state index in [9.17, 15) is 9.90 Å². The first kappa shape index (κ1) is 19.0. The Morgan fingerprint density at radius 1 is 1.04 bits per heavy atom. The largest absolute Gasteiger partial charge is 0.497 e. The number of nitrogens with one attached hydrogen (secondary N) is 1. The smallest absolute Gasteiger partial charge is 0.220 e. The summed E-state index contributed by atoms with van der Waals surface area (Å²) in [4.78, 5) is 12.0. The maximum absolute atomic E-state index is 12.0. The molecule has 134 valence electrons. The van der Waals surface area contributed by atoms with Crippen LogP contribution in [0.25, 0.3) is 0 Å². The molecule has 0 bridgehead atoms. The maximum Gasteiger partial charge on any atom is 0.220 e. The Kier molecular flexibility index (Phi) is 7.02. The molecule has 0 radical (unpaired) electrons. The minimum atomic E-state index is -0.689. The van der Waals surface area contributed by atoms with Gasteiger partial charge in [0.15, 0.2) is 0 Å². The maximum atomic E-state index is 12.0. The van der Waals surface area contributed by atoms with Gasteiger partial charge in [-0.2, -0.15) is 0 Å². The van der Waals surface area contributed by atoms with E-state index in [0.717, 1.165) is 16.9 Å². The number of benzene rings is 2. The van der Waals surface area contributed by atoms with Crippen LogP contribution >= 0.6 is 0 Å². The molecule has 0 aliphatic rings. The molecule has 1 amide bonds. The van der Waals surface area contributed by atoms with Crippen molar-refractivity contribution in [1.82, 2.24) is 5.32 Å². The lowest BCUT2D eigenvalue weighted by atomic mass is 10.00. The van der Waals surface area contributed by atoms with E-state index >= 15 is 0 Å². The number of aryl methyl sites for hydroxylation is 1. The highest BCUT2D eigenvalue weighted by atomic mass is 16.5. The van der Waals surface area contributed by atoms with E-state index in [1.54, 1.807) is 7.11 Å². The summed E-state index contributed by atoms with van der Waals surface area (Å²) in [6.07, 6.45) is 0.367. The summed E-state index contributed by atoms with van der Waals surface area (Å²) >= 11 is 0. The SMILES string of the molecule is COc1ccc(CCC(=O)NCC(O)c2ccc(C(C)C)cc2)cc1. The van der Waals surface area contributed by atoms with Crippen LogP contribution in [0.15, 0.2) is 48.5 Å². The molecule has 2 rings (SSSR count). The van der Waals surface area contributed by atoms with Gasteiger partial charge in [-0.15, -0.1) is 0 Å². The Bertz CT molecular complexity index is 663. The third-order valence-electron chi connectivity index (χ3n) is 4.28. The lowest BCUT2D eigenvalue weighted by Crippen LogP contribution is -2.28. The number of aliphatic hydroxyl groups is 1. The van der Waals surface area contributed by atoms with Crippen molar-refractivity contribution in [2.24, 2.45) is 0 Å². The lowest BCUT2D eigenvalue weighted by molar-refractivity contribution is -0.121. The van der Waals surface area contributed by atoms with Crippen LogP contribution in [-0.4, -0.2) is 24.7 Å². The molecule has 0 aliphatic heterocycles. The Morgan fingerprint density at radius 2 is 1.64 bits per heavy atom. The molecule has 2 aromatic rings. The van der Waals surface area contributed by atoms with Gasteiger partial charge >= 0.3 is 0 Å². The first-order valence-corrected chi connectivity index (χ1v) is 8.67. The number of methoxy groups -OCH3 is 1. The topological polar surface area (TPSA) is 58.6 Å². The third-order valence-corrected chi connectivity index (χ3v) is 4.28. The highest BCUT2D eigenvalue weighted by Gasteiger charge is 2.10. The highest BCUT2D eigenvalue weighted by Crippen LogP contribution is 2.18. The van der Waals surface area contributed by atoms with Crippen LogP contribution in [0.3, 0.4) is 0 Å². The molecule has 4 heteroatoms. The molecule has 0 saturated heterocycles. The molecule has 0 spiro atoms. The molecule has 0 aliphatic carbocycles. The second-order valence-corrected chi connectivity index (χ2v) is 6.49. The summed E-state index contributed by atoms with van der Waals surface area (Å²) < 4.78 is 5.11. The fourth-order valence-corrected chi connectivity index (χ4v) is 2.57. The molecule has 1 unspecified atom stereocenters. The van der Waals surface area contributed by atoms with Crippen molar-refractivity contribution < 1.29 is 14.6 Å². The minimum absolute atomic E-state index is 0.0614. The Labute approximate surface area is 149 Å². The summed E-state index contributed by atoms with van der Waals surface area (Å²) in [7, 11) is 1.63. The summed E-state index contributed by atoms with van der Waals surface area (Å²) in [5.41, 5.74) is 3.14. The van der Waals surface area contributed by atoms with Gasteiger partial charge in [-0.1, -0.05) is 50.2 Å². The van der Waals surface area contributed by atoms with Crippen LogP contribution in [0.4, 0.5) is 0 Å². The van der Waals surface area contributed by atoms with Gasteiger partial charge in [0.05, 0.1) is 13.2 Å². The molecule has 0 fully saturated rings. The zero-order chi connectivity index (χ0) is 18.2. The fraction of sp³-hybridized carbons (Fsp3) is 0.381. The van der Waals surface area contributed by atoms with Crippen LogP contribution in [0.2, 0.25) is 0 Å². The predicted molar refractivity (Wildman–Crippen MR) is 99.8 cm³/mol. The van der Waals surface area contributed by atoms with E-state index in [1.165, 1.54) is 5.56 Å². The number of aliphatic hydroxyl groups excluding tert-OH is 1. The van der Waals surface area contributed by atoms with Crippen molar-refractivity contribution in [1.29, 1.82) is 0 Å². The number of hydrogen-bond donors (Lipinski definition) is 2. The molecule has 4 nitrogen and oxygen atoms in total. The number of amides is 1. The van der Waals surface area contributed by atoms with Crippen molar-refractivity contribution in [3.8, 4) is 5.75 Å². The molecule has 2 N–H and O–H groups in total. The van der Waals surface area contributed by atoms with Crippen molar-refractivity contribution in [3.63, 3.8) is 0 Å². The summed E-state index contributed by atoms with van der Waals surface area (Å²) in [6, 6.07) is 15.6. The monoisotopic (exact) mass is 341 g/mol. The van der Waals surface area contributed by atoms with Gasteiger partial charge in [0, 0.05) is 13.0 Å². The molecular formula is C21H27NO3. The molecule has 2 aromatic carbocycles. The summed E-state index contributed by atoms with van der Waals surface area (Å²) in [5.74, 6) is 1.21. The molecule has 0 heterocycles. The fourth-order valence-electron chi connectivity index (χ4n) is 2.57. The van der Waals surface area contributed by atoms with Gasteiger partial charge in [-0.3, -0.25) is 4.79 Å². The number of rotatable bonds is 8. The highest BCUT2D eigenvalue weighted by molar-refractivity contribution is 5.76. The van der Waals surface area contributed by atoms with E-state index < -0.39 is 6.10 Å². The van der Waals surface area contributed by atoms with E-state index in [4.69, 9.17) is 4.74 Å². The first-order valence-electron chi connectivity index (χ1n) is 8.67. The first-order chi connectivity index (χ1) is 12.0. The third kappa shape index (κ3) is 5.91. The Morgan fingerprint density at radius 3 is 2.20 bits per heavy atom. The lowest BCUT2D eigenvalue weighted by Gasteiger charge is -2.14. The standard InChI is InChI=1S/C21H27NO3/c1-15(2)17-7-9-18(10-8-17)20(23)14-22-21(24)13-6-16-4-11-19(25-3)12-5-16/h4-5,7-12,15,20,23H,6,13-14H2,1-3H3,(H,22,24). The van der Waals surface area contributed by atoms with Gasteiger partial charge in [0.2, 0.25) is 5.91 Å². The van der Waals surface area contributed by atoms with Crippen molar-refractivity contribution >= 4 is 5.91 Å². The molecule has 25 heavy (non-hydrogen) atoms. The molecule has 0 saturated carbocycles. The number of carbonyl (C=O) groups excluding carboxylic acids is 1. The molecular weight excluding hydrogens is 314 g/mol. The van der Waals surface area contributed by atoms with Gasteiger partial charge in [-0.25, -0.2) is 0 Å². The van der Waals surface area contributed by atoms with E-state index in [0.29, 0.717) is 18.8 Å². The van der Waals surface area contributed by atoms with E-state index in [1.807, 2.05) is 48.5 Å². The quantitative estimate of drug-likeness (QED) is 0.771. The Hall–Kier alpha value is -2.33. The van der Waals surface area contributed by atoms with Gasteiger partial charge < -0.3 is 15.2 Å². The van der Waals surface area contributed by atoms with Gasteiger partial charge in [-0.05, 0) is 41.2 Å². The molecule has 0 aromatic heterocycles. The zero-order valence-electron chi connectivity index (χ0n) is 15.2. The van der Waals surface area contributed by atoms with Crippen LogP contribution in [-0.2, 0) is 11.2 Å². The number of hydrogen-bond acceptors (Lipinski definition) is 3. The summed E-state index contributed by atoms with van der Waals surface area (Å²) in [5, 5.41) is 13.0. The van der Waals surface area contributed by atoms with Crippen LogP contribution < -0.4 is 10.1 Å². The Balaban J connectivity index is 1.76.